The molecule has 1 saturated heterocycles. The van der Waals surface area contributed by atoms with Gasteiger partial charge in [-0.05, 0) is 32.7 Å². The number of rotatable bonds is 5. The number of halogens is 2. The van der Waals surface area contributed by atoms with E-state index in [-0.39, 0.29) is 42.8 Å². The van der Waals surface area contributed by atoms with Gasteiger partial charge in [0.2, 0.25) is 17.7 Å². The predicted molar refractivity (Wildman–Crippen MR) is 102 cm³/mol. The fourth-order valence-corrected chi connectivity index (χ4v) is 4.32. The van der Waals surface area contributed by atoms with Crippen LogP contribution in [0.25, 0.3) is 0 Å². The molecular weight excluding hydrogens is 352 g/mol. The van der Waals surface area contributed by atoms with Crippen LogP contribution >= 0.6 is 0 Å². The van der Waals surface area contributed by atoms with Crippen LogP contribution in [0.15, 0.2) is 0 Å². The number of likely N-dealkylation sites (N-methyl/N-ethyl adjacent to an activating group) is 2. The van der Waals surface area contributed by atoms with Crippen molar-refractivity contribution in [3.63, 3.8) is 0 Å². The molecule has 2 fully saturated rings. The number of hydrogen-bond acceptors (Lipinski definition) is 3. The molecule has 1 saturated carbocycles. The lowest BCUT2D eigenvalue weighted by Crippen LogP contribution is -2.54. The van der Waals surface area contributed by atoms with E-state index in [4.69, 9.17) is 0 Å². The minimum atomic E-state index is -2.62. The van der Waals surface area contributed by atoms with Gasteiger partial charge in [0.05, 0.1) is 6.04 Å². The third-order valence-electron chi connectivity index (χ3n) is 5.79. The SMILES string of the molecule is CCNC(=O)[C@@H]1C[C@H](N(C(=O)C(C)(C)C)C2CCC(F)(F)CC2)CN1CC. The van der Waals surface area contributed by atoms with Crippen LogP contribution in [0.3, 0.4) is 0 Å². The monoisotopic (exact) mass is 387 g/mol. The van der Waals surface area contributed by atoms with E-state index >= 15 is 0 Å². The molecule has 0 bridgehead atoms. The molecule has 1 aliphatic carbocycles. The molecule has 0 aromatic carbocycles. The summed E-state index contributed by atoms with van der Waals surface area (Å²) < 4.78 is 27.3. The summed E-state index contributed by atoms with van der Waals surface area (Å²) in [6.07, 6.45) is 0.867. The van der Waals surface area contributed by atoms with E-state index < -0.39 is 11.3 Å². The number of nitrogens with one attached hydrogen (secondary N) is 1. The lowest BCUT2D eigenvalue weighted by molar-refractivity contribution is -0.148. The Bertz CT molecular complexity index is 538. The molecule has 1 heterocycles. The zero-order valence-electron chi connectivity index (χ0n) is 17.4. The summed E-state index contributed by atoms with van der Waals surface area (Å²) in [6.45, 7) is 11.4. The second kappa shape index (κ2) is 8.41. The van der Waals surface area contributed by atoms with Gasteiger partial charge in [-0.25, -0.2) is 8.78 Å². The Kier molecular flexibility index (Phi) is 6.87. The minimum absolute atomic E-state index is 0.00433. The van der Waals surface area contributed by atoms with Crippen LogP contribution in [0.1, 0.15) is 66.7 Å². The standard InChI is InChI=1S/C20H35F2N3O2/c1-6-23-17(26)16-12-15(13-24(16)7-2)25(18(27)19(3,4)5)14-8-10-20(21,22)11-9-14/h14-16H,6-13H2,1-5H3,(H,23,26)/t15-,16-/m0/s1. The van der Waals surface area contributed by atoms with Crippen molar-refractivity contribution in [2.45, 2.75) is 90.8 Å². The van der Waals surface area contributed by atoms with E-state index in [1.165, 1.54) is 0 Å². The Morgan fingerprint density at radius 1 is 1.15 bits per heavy atom. The maximum atomic E-state index is 13.7. The van der Waals surface area contributed by atoms with Gasteiger partial charge in [0, 0.05) is 43.4 Å². The van der Waals surface area contributed by atoms with E-state index in [9.17, 15) is 18.4 Å². The maximum absolute atomic E-state index is 13.7. The number of likely N-dealkylation sites (tertiary alicyclic amines) is 1. The Labute approximate surface area is 161 Å². The van der Waals surface area contributed by atoms with Crippen molar-refractivity contribution in [3.05, 3.63) is 0 Å². The summed E-state index contributed by atoms with van der Waals surface area (Å²) in [5.41, 5.74) is -0.583. The Balaban J connectivity index is 2.23. The fourth-order valence-electron chi connectivity index (χ4n) is 4.32. The maximum Gasteiger partial charge on any atom is 0.248 e. The summed E-state index contributed by atoms with van der Waals surface area (Å²) in [7, 11) is 0. The van der Waals surface area contributed by atoms with Crippen molar-refractivity contribution in [2.24, 2.45) is 5.41 Å². The summed E-state index contributed by atoms with van der Waals surface area (Å²) in [5, 5.41) is 2.88. The zero-order valence-corrected chi connectivity index (χ0v) is 17.4. The van der Waals surface area contributed by atoms with Crippen molar-refractivity contribution in [2.75, 3.05) is 19.6 Å². The first kappa shape index (κ1) is 22.1. The van der Waals surface area contributed by atoms with Gasteiger partial charge < -0.3 is 10.2 Å². The highest BCUT2D eigenvalue weighted by Gasteiger charge is 2.46. The molecule has 2 atom stereocenters. The predicted octanol–water partition coefficient (Wildman–Crippen LogP) is 3.04. The van der Waals surface area contributed by atoms with Gasteiger partial charge >= 0.3 is 0 Å². The fraction of sp³-hybridized carbons (Fsp3) is 0.900. The number of nitrogens with zero attached hydrogens (tertiary/aromatic N) is 2. The molecule has 0 radical (unpaired) electrons. The zero-order chi connectivity index (χ0) is 20.4. The van der Waals surface area contributed by atoms with E-state index in [0.29, 0.717) is 32.4 Å². The molecule has 5 nitrogen and oxygen atoms in total. The molecule has 156 valence electrons. The lowest BCUT2D eigenvalue weighted by Gasteiger charge is -2.43. The quantitative estimate of drug-likeness (QED) is 0.789. The van der Waals surface area contributed by atoms with E-state index in [1.807, 2.05) is 39.5 Å². The highest BCUT2D eigenvalue weighted by atomic mass is 19.3. The first-order valence-electron chi connectivity index (χ1n) is 10.2. The molecule has 2 aliphatic rings. The molecule has 1 aliphatic heterocycles. The number of alkyl halides is 2. The first-order valence-corrected chi connectivity index (χ1v) is 10.2. The van der Waals surface area contributed by atoms with Gasteiger partial charge in [0.15, 0.2) is 0 Å². The van der Waals surface area contributed by atoms with E-state index in [0.717, 1.165) is 6.54 Å². The molecule has 0 unspecified atom stereocenters. The van der Waals surface area contributed by atoms with Gasteiger partial charge in [-0.1, -0.05) is 27.7 Å². The van der Waals surface area contributed by atoms with Crippen molar-refractivity contribution in [1.82, 2.24) is 15.1 Å². The lowest BCUT2D eigenvalue weighted by atomic mass is 9.86. The molecule has 2 rings (SSSR count). The van der Waals surface area contributed by atoms with Crippen LogP contribution in [0, 0.1) is 5.41 Å². The average Bonchev–Trinajstić information content (AvgIpc) is 3.00. The first-order chi connectivity index (χ1) is 12.5. The van der Waals surface area contributed by atoms with E-state index in [1.54, 1.807) is 0 Å². The normalized spacial score (nSPS) is 26.8. The van der Waals surface area contributed by atoms with Crippen LogP contribution in [-0.2, 0) is 9.59 Å². The number of carbonyl (C=O) groups is 2. The minimum Gasteiger partial charge on any atom is -0.355 e. The third-order valence-corrected chi connectivity index (χ3v) is 5.79. The van der Waals surface area contributed by atoms with Crippen molar-refractivity contribution < 1.29 is 18.4 Å². The van der Waals surface area contributed by atoms with Gasteiger partial charge in [-0.3, -0.25) is 14.5 Å². The highest BCUT2D eigenvalue weighted by molar-refractivity contribution is 5.84. The second-order valence-electron chi connectivity index (χ2n) is 8.94. The Morgan fingerprint density at radius 3 is 2.22 bits per heavy atom. The van der Waals surface area contributed by atoms with Gasteiger partial charge in [-0.15, -0.1) is 0 Å². The molecular formula is C20H35F2N3O2. The molecule has 7 heteroatoms. The number of carbonyl (C=O) groups excluding carboxylic acids is 2. The van der Waals surface area contributed by atoms with Crippen LogP contribution in [0.4, 0.5) is 8.78 Å². The Morgan fingerprint density at radius 2 is 1.74 bits per heavy atom. The number of amides is 2. The summed E-state index contributed by atoms with van der Waals surface area (Å²) in [4.78, 5) is 29.6. The molecule has 2 amide bonds. The van der Waals surface area contributed by atoms with Crippen molar-refractivity contribution in [3.8, 4) is 0 Å². The smallest absolute Gasteiger partial charge is 0.248 e. The third kappa shape index (κ3) is 5.18. The summed E-state index contributed by atoms with van der Waals surface area (Å²) >= 11 is 0. The molecule has 27 heavy (non-hydrogen) atoms. The number of hydrogen-bond donors (Lipinski definition) is 1. The van der Waals surface area contributed by atoms with Crippen LogP contribution < -0.4 is 5.32 Å². The van der Waals surface area contributed by atoms with Gasteiger partial charge in [-0.2, -0.15) is 0 Å². The van der Waals surface area contributed by atoms with Crippen LogP contribution in [0.2, 0.25) is 0 Å². The Hall–Kier alpha value is -1.24. The topological polar surface area (TPSA) is 52.7 Å². The van der Waals surface area contributed by atoms with Gasteiger partial charge in [0.25, 0.3) is 0 Å². The average molecular weight is 388 g/mol. The van der Waals surface area contributed by atoms with E-state index in [2.05, 4.69) is 10.2 Å². The molecule has 1 N–H and O–H groups in total. The molecule has 0 spiro atoms. The largest absolute Gasteiger partial charge is 0.355 e. The van der Waals surface area contributed by atoms with Gasteiger partial charge in [0.1, 0.15) is 0 Å². The highest BCUT2D eigenvalue weighted by Crippen LogP contribution is 2.38. The van der Waals surface area contributed by atoms with Crippen LogP contribution in [-0.4, -0.2) is 65.3 Å². The summed E-state index contributed by atoms with van der Waals surface area (Å²) in [6, 6.07) is -0.547. The van der Waals surface area contributed by atoms with Crippen molar-refractivity contribution in [1.29, 1.82) is 0 Å². The van der Waals surface area contributed by atoms with Crippen LogP contribution in [0.5, 0.6) is 0 Å². The molecule has 0 aromatic heterocycles. The second-order valence-corrected chi connectivity index (χ2v) is 8.94. The van der Waals surface area contributed by atoms with Crippen molar-refractivity contribution >= 4 is 11.8 Å². The molecule has 0 aromatic rings. The summed E-state index contributed by atoms with van der Waals surface area (Å²) in [5.74, 6) is -2.64.